The molecule has 1 heterocycles. The van der Waals surface area contributed by atoms with Crippen molar-refractivity contribution in [2.75, 3.05) is 6.54 Å². The molecule has 0 radical (unpaired) electrons. The van der Waals surface area contributed by atoms with Crippen LogP contribution in [0.5, 0.6) is 0 Å². The Bertz CT molecular complexity index is 269. The largest absolute Gasteiger partial charge is 0.313 e. The van der Waals surface area contributed by atoms with Crippen molar-refractivity contribution >= 4 is 11.3 Å². The van der Waals surface area contributed by atoms with Crippen molar-refractivity contribution in [2.24, 2.45) is 11.8 Å². The minimum atomic E-state index is 0.561. The first-order valence-electron chi connectivity index (χ1n) is 6.26. The Morgan fingerprint density at radius 2 is 2.12 bits per heavy atom. The van der Waals surface area contributed by atoms with Crippen LogP contribution in [0.25, 0.3) is 0 Å². The predicted octanol–water partition coefficient (Wildman–Crippen LogP) is 3.35. The van der Waals surface area contributed by atoms with Gasteiger partial charge >= 0.3 is 0 Å². The van der Waals surface area contributed by atoms with E-state index in [0.717, 1.165) is 13.0 Å². The summed E-state index contributed by atoms with van der Waals surface area (Å²) in [7, 11) is 0. The average Bonchev–Trinajstić information content (AvgIpc) is 2.75. The minimum Gasteiger partial charge on any atom is -0.313 e. The maximum absolute atomic E-state index is 4.38. The molecule has 0 aliphatic rings. The molecule has 0 amide bonds. The van der Waals surface area contributed by atoms with Gasteiger partial charge in [-0.2, -0.15) is 0 Å². The van der Waals surface area contributed by atoms with Gasteiger partial charge in [0.2, 0.25) is 0 Å². The van der Waals surface area contributed by atoms with Crippen molar-refractivity contribution in [1.29, 1.82) is 0 Å². The number of nitrogens with zero attached hydrogens (tertiary/aromatic N) is 1. The predicted molar refractivity (Wildman–Crippen MR) is 71.9 cm³/mol. The lowest BCUT2D eigenvalue weighted by molar-refractivity contribution is 0.297. The average molecular weight is 240 g/mol. The van der Waals surface area contributed by atoms with Gasteiger partial charge in [-0.3, -0.25) is 0 Å². The van der Waals surface area contributed by atoms with Gasteiger partial charge in [-0.25, -0.2) is 4.98 Å². The Morgan fingerprint density at radius 1 is 1.38 bits per heavy atom. The molecule has 0 saturated heterocycles. The van der Waals surface area contributed by atoms with Crippen molar-refractivity contribution in [3.63, 3.8) is 0 Å². The van der Waals surface area contributed by atoms with Gasteiger partial charge in [-0.05, 0) is 24.8 Å². The molecule has 0 aliphatic heterocycles. The third-order valence-electron chi connectivity index (χ3n) is 3.22. The van der Waals surface area contributed by atoms with E-state index in [1.807, 2.05) is 6.20 Å². The molecule has 2 nitrogen and oxygen atoms in total. The van der Waals surface area contributed by atoms with E-state index in [4.69, 9.17) is 0 Å². The number of hydrogen-bond donors (Lipinski definition) is 1. The van der Waals surface area contributed by atoms with Crippen LogP contribution in [0, 0.1) is 11.8 Å². The van der Waals surface area contributed by atoms with Gasteiger partial charge in [0.25, 0.3) is 0 Å². The summed E-state index contributed by atoms with van der Waals surface area (Å²) in [6.45, 7) is 10.3. The summed E-state index contributed by atoms with van der Waals surface area (Å²) < 4.78 is 0. The molecule has 2 atom stereocenters. The van der Waals surface area contributed by atoms with Crippen LogP contribution in [-0.4, -0.2) is 17.6 Å². The zero-order valence-electron chi connectivity index (χ0n) is 10.9. The van der Waals surface area contributed by atoms with Crippen LogP contribution >= 0.6 is 11.3 Å². The highest BCUT2D eigenvalue weighted by Crippen LogP contribution is 2.19. The van der Waals surface area contributed by atoms with Crippen molar-refractivity contribution in [1.82, 2.24) is 10.3 Å². The summed E-state index contributed by atoms with van der Waals surface area (Å²) in [6, 6.07) is 0.561. The van der Waals surface area contributed by atoms with E-state index in [-0.39, 0.29) is 0 Å². The summed E-state index contributed by atoms with van der Waals surface area (Å²) in [6.07, 6.45) is 4.16. The molecule has 0 bridgehead atoms. The zero-order valence-corrected chi connectivity index (χ0v) is 11.7. The second kappa shape index (κ2) is 7.02. The molecule has 1 N–H and O–H groups in total. The van der Waals surface area contributed by atoms with Crippen molar-refractivity contribution in [2.45, 2.75) is 46.6 Å². The maximum Gasteiger partial charge on any atom is 0.0940 e. The summed E-state index contributed by atoms with van der Waals surface area (Å²) in [5.41, 5.74) is 0. The molecule has 0 saturated carbocycles. The highest BCUT2D eigenvalue weighted by molar-refractivity contribution is 7.09. The number of aromatic nitrogens is 1. The van der Waals surface area contributed by atoms with Gasteiger partial charge in [0.15, 0.2) is 0 Å². The molecule has 0 spiro atoms. The molecule has 92 valence electrons. The smallest absolute Gasteiger partial charge is 0.0940 e. The molecule has 3 heteroatoms. The van der Waals surface area contributed by atoms with Crippen molar-refractivity contribution < 1.29 is 0 Å². The second-order valence-electron chi connectivity index (χ2n) is 4.79. The van der Waals surface area contributed by atoms with Crippen LogP contribution in [0.15, 0.2) is 11.6 Å². The fourth-order valence-corrected chi connectivity index (χ4v) is 2.46. The van der Waals surface area contributed by atoms with Gasteiger partial charge < -0.3 is 5.32 Å². The lowest BCUT2D eigenvalue weighted by atomic mass is 9.88. The SMILES string of the molecule is CCCNC(Cc1nccs1)C(C)C(C)C. The minimum absolute atomic E-state index is 0.561. The van der Waals surface area contributed by atoms with Crippen LogP contribution in [0.3, 0.4) is 0 Å². The van der Waals surface area contributed by atoms with E-state index >= 15 is 0 Å². The maximum atomic E-state index is 4.38. The Kier molecular flexibility index (Phi) is 5.99. The van der Waals surface area contributed by atoms with Crippen LogP contribution in [0.1, 0.15) is 39.1 Å². The fourth-order valence-electron chi connectivity index (χ4n) is 1.78. The molecule has 1 aromatic rings. The van der Waals surface area contributed by atoms with E-state index in [0.29, 0.717) is 17.9 Å². The molecular formula is C13H24N2S. The summed E-state index contributed by atoms with van der Waals surface area (Å²) in [5, 5.41) is 6.97. The van der Waals surface area contributed by atoms with Crippen LogP contribution in [0.4, 0.5) is 0 Å². The standard InChI is InChI=1S/C13H24N2S/c1-5-6-14-12(11(4)10(2)3)9-13-15-7-8-16-13/h7-8,10-12,14H,5-6,9H2,1-4H3. The third-order valence-corrected chi connectivity index (χ3v) is 4.02. The topological polar surface area (TPSA) is 24.9 Å². The van der Waals surface area contributed by atoms with E-state index in [9.17, 15) is 0 Å². The molecule has 0 fully saturated rings. The molecule has 1 aromatic heterocycles. The molecule has 16 heavy (non-hydrogen) atoms. The highest BCUT2D eigenvalue weighted by atomic mass is 32.1. The number of nitrogens with one attached hydrogen (secondary N) is 1. The van der Waals surface area contributed by atoms with Gasteiger partial charge in [0.05, 0.1) is 5.01 Å². The number of hydrogen-bond acceptors (Lipinski definition) is 3. The zero-order chi connectivity index (χ0) is 12.0. The monoisotopic (exact) mass is 240 g/mol. The first-order chi connectivity index (χ1) is 7.65. The first kappa shape index (κ1) is 13.7. The molecule has 1 rings (SSSR count). The van der Waals surface area contributed by atoms with E-state index < -0.39 is 0 Å². The van der Waals surface area contributed by atoms with Crippen LogP contribution in [-0.2, 0) is 6.42 Å². The third kappa shape index (κ3) is 4.22. The first-order valence-corrected chi connectivity index (χ1v) is 7.14. The Labute approximate surface area is 103 Å². The lowest BCUT2D eigenvalue weighted by Gasteiger charge is -2.27. The van der Waals surface area contributed by atoms with E-state index in [2.05, 4.69) is 43.4 Å². The van der Waals surface area contributed by atoms with Gasteiger partial charge in [-0.15, -0.1) is 11.3 Å². The molecule has 0 aromatic carbocycles. The quantitative estimate of drug-likeness (QED) is 0.790. The van der Waals surface area contributed by atoms with Crippen molar-refractivity contribution in [3.8, 4) is 0 Å². The summed E-state index contributed by atoms with van der Waals surface area (Å²) >= 11 is 1.76. The molecular weight excluding hydrogens is 216 g/mol. The van der Waals surface area contributed by atoms with Crippen LogP contribution in [0.2, 0.25) is 0 Å². The highest BCUT2D eigenvalue weighted by Gasteiger charge is 2.20. The molecule has 0 aliphatic carbocycles. The summed E-state index contributed by atoms with van der Waals surface area (Å²) in [4.78, 5) is 4.38. The van der Waals surface area contributed by atoms with Gasteiger partial charge in [0.1, 0.15) is 0 Å². The van der Waals surface area contributed by atoms with Crippen molar-refractivity contribution in [3.05, 3.63) is 16.6 Å². The Balaban J connectivity index is 2.56. The van der Waals surface area contributed by atoms with Gasteiger partial charge in [-0.1, -0.05) is 27.7 Å². The Morgan fingerprint density at radius 3 is 2.62 bits per heavy atom. The summed E-state index contributed by atoms with van der Waals surface area (Å²) in [5.74, 6) is 1.41. The second-order valence-corrected chi connectivity index (χ2v) is 5.77. The Hall–Kier alpha value is -0.410. The fraction of sp³-hybridized carbons (Fsp3) is 0.769. The van der Waals surface area contributed by atoms with Gasteiger partial charge in [0, 0.05) is 24.0 Å². The lowest BCUT2D eigenvalue weighted by Crippen LogP contribution is -2.39. The number of rotatable bonds is 7. The normalized spacial score (nSPS) is 15.3. The number of thiazole rings is 1. The van der Waals surface area contributed by atoms with Crippen LogP contribution < -0.4 is 5.32 Å². The van der Waals surface area contributed by atoms with E-state index in [1.54, 1.807) is 11.3 Å². The molecule has 2 unspecified atom stereocenters. The van der Waals surface area contributed by atoms with E-state index in [1.165, 1.54) is 11.4 Å².